The zero-order chi connectivity index (χ0) is 16.8. The largest absolute Gasteiger partial charge is 0.618 e. The highest BCUT2D eigenvalue weighted by atomic mass is 16.5. The Morgan fingerprint density at radius 1 is 1.25 bits per heavy atom. The SMILES string of the molecule is O=C(Nc1ncccc1OCC1CCCCC1)c1cccc[n+]1[O-]. The lowest BCUT2D eigenvalue weighted by molar-refractivity contribution is -0.607. The van der Waals surface area contributed by atoms with Crippen LogP contribution in [0.4, 0.5) is 5.82 Å². The van der Waals surface area contributed by atoms with Gasteiger partial charge in [0, 0.05) is 18.3 Å². The number of nitrogens with zero attached hydrogens (tertiary/aromatic N) is 2. The van der Waals surface area contributed by atoms with Gasteiger partial charge in [-0.25, -0.2) is 4.98 Å². The molecule has 2 aromatic heterocycles. The number of nitrogens with one attached hydrogen (secondary N) is 1. The molecule has 0 saturated heterocycles. The number of aromatic nitrogens is 2. The van der Waals surface area contributed by atoms with Gasteiger partial charge in [0.1, 0.15) is 0 Å². The second kappa shape index (κ2) is 7.77. The molecule has 0 aromatic carbocycles. The van der Waals surface area contributed by atoms with Crippen LogP contribution in [0, 0.1) is 11.1 Å². The minimum absolute atomic E-state index is 0.0152. The van der Waals surface area contributed by atoms with Gasteiger partial charge in [-0.3, -0.25) is 10.1 Å². The molecule has 0 unspecified atom stereocenters. The summed E-state index contributed by atoms with van der Waals surface area (Å²) in [6.45, 7) is 0.626. The number of carbonyl (C=O) groups is 1. The average Bonchev–Trinajstić information content (AvgIpc) is 2.62. The number of anilines is 1. The first-order valence-corrected chi connectivity index (χ1v) is 8.31. The van der Waals surface area contributed by atoms with E-state index < -0.39 is 5.91 Å². The summed E-state index contributed by atoms with van der Waals surface area (Å²) in [5, 5.41) is 14.3. The summed E-state index contributed by atoms with van der Waals surface area (Å²) >= 11 is 0. The lowest BCUT2D eigenvalue weighted by Crippen LogP contribution is -2.36. The van der Waals surface area contributed by atoms with Gasteiger partial charge < -0.3 is 9.94 Å². The fourth-order valence-electron chi connectivity index (χ4n) is 2.94. The molecule has 6 heteroatoms. The van der Waals surface area contributed by atoms with Crippen molar-refractivity contribution in [2.75, 3.05) is 11.9 Å². The van der Waals surface area contributed by atoms with E-state index in [4.69, 9.17) is 4.74 Å². The van der Waals surface area contributed by atoms with Crippen molar-refractivity contribution in [1.82, 2.24) is 4.98 Å². The van der Waals surface area contributed by atoms with Crippen LogP contribution in [-0.2, 0) is 0 Å². The zero-order valence-corrected chi connectivity index (χ0v) is 13.5. The first-order chi connectivity index (χ1) is 11.7. The number of pyridine rings is 2. The maximum absolute atomic E-state index is 12.3. The third kappa shape index (κ3) is 4.01. The van der Waals surface area contributed by atoms with Gasteiger partial charge in [-0.1, -0.05) is 19.3 Å². The third-order valence-electron chi connectivity index (χ3n) is 4.26. The van der Waals surface area contributed by atoms with E-state index in [9.17, 15) is 10.0 Å². The van der Waals surface area contributed by atoms with E-state index in [2.05, 4.69) is 10.3 Å². The van der Waals surface area contributed by atoms with E-state index in [1.165, 1.54) is 44.4 Å². The van der Waals surface area contributed by atoms with Crippen LogP contribution in [-0.4, -0.2) is 17.5 Å². The van der Waals surface area contributed by atoms with Crippen molar-refractivity contribution >= 4 is 11.7 Å². The molecular weight excluding hydrogens is 306 g/mol. The van der Waals surface area contributed by atoms with Crippen molar-refractivity contribution in [2.24, 2.45) is 5.92 Å². The summed E-state index contributed by atoms with van der Waals surface area (Å²) in [4.78, 5) is 16.4. The van der Waals surface area contributed by atoms with Gasteiger partial charge in [0.25, 0.3) is 5.69 Å². The maximum atomic E-state index is 12.3. The lowest BCUT2D eigenvalue weighted by Gasteiger charge is -2.22. The van der Waals surface area contributed by atoms with Gasteiger partial charge in [-0.05, 0) is 37.0 Å². The number of hydrogen-bond acceptors (Lipinski definition) is 4. The van der Waals surface area contributed by atoms with E-state index >= 15 is 0 Å². The molecule has 2 aromatic rings. The molecule has 1 saturated carbocycles. The van der Waals surface area contributed by atoms with Gasteiger partial charge in [0.2, 0.25) is 0 Å². The molecule has 3 rings (SSSR count). The Balaban J connectivity index is 1.67. The van der Waals surface area contributed by atoms with Gasteiger partial charge >= 0.3 is 5.91 Å². The summed E-state index contributed by atoms with van der Waals surface area (Å²) in [6, 6.07) is 8.23. The molecule has 1 N–H and O–H groups in total. The van der Waals surface area contributed by atoms with Crippen molar-refractivity contribution in [2.45, 2.75) is 32.1 Å². The number of carbonyl (C=O) groups excluding carboxylic acids is 1. The van der Waals surface area contributed by atoms with Crippen LogP contribution in [0.5, 0.6) is 5.75 Å². The first kappa shape index (κ1) is 16.2. The summed E-state index contributed by atoms with van der Waals surface area (Å²) in [6.07, 6.45) is 9.04. The highest BCUT2D eigenvalue weighted by Gasteiger charge is 2.19. The molecule has 1 amide bonds. The Labute approximate surface area is 141 Å². The van der Waals surface area contributed by atoms with E-state index in [1.54, 1.807) is 30.5 Å². The van der Waals surface area contributed by atoms with Gasteiger partial charge in [0.05, 0.1) is 6.61 Å². The van der Waals surface area contributed by atoms with Crippen LogP contribution in [0.2, 0.25) is 0 Å². The number of amides is 1. The summed E-state index contributed by atoms with van der Waals surface area (Å²) in [5.74, 6) is 0.916. The molecule has 0 atom stereocenters. The van der Waals surface area contributed by atoms with Crippen molar-refractivity contribution in [3.63, 3.8) is 0 Å². The standard InChI is InChI=1S/C18H21N3O3/c22-18(15-9-4-5-12-21(15)23)20-17-16(10-6-11-19-17)24-13-14-7-2-1-3-8-14/h4-6,9-12,14H,1-3,7-8,13H2,(H,19,20,22). The van der Waals surface area contributed by atoms with Crippen molar-refractivity contribution in [3.8, 4) is 5.75 Å². The monoisotopic (exact) mass is 327 g/mol. The predicted molar refractivity (Wildman–Crippen MR) is 89.7 cm³/mol. The fraction of sp³-hybridized carbons (Fsp3) is 0.389. The van der Waals surface area contributed by atoms with Gasteiger partial charge in [-0.15, -0.1) is 0 Å². The van der Waals surface area contributed by atoms with E-state index in [-0.39, 0.29) is 5.69 Å². The number of hydrogen-bond donors (Lipinski definition) is 1. The minimum Gasteiger partial charge on any atom is -0.618 e. The molecule has 24 heavy (non-hydrogen) atoms. The molecule has 0 radical (unpaired) electrons. The van der Waals surface area contributed by atoms with Crippen molar-refractivity contribution in [1.29, 1.82) is 0 Å². The number of ether oxygens (including phenoxy) is 1. The highest BCUT2D eigenvalue weighted by Crippen LogP contribution is 2.27. The molecule has 6 nitrogen and oxygen atoms in total. The quantitative estimate of drug-likeness (QED) is 0.676. The highest BCUT2D eigenvalue weighted by molar-refractivity contribution is 6.01. The fourth-order valence-corrected chi connectivity index (χ4v) is 2.94. The molecule has 1 aliphatic carbocycles. The van der Waals surface area contributed by atoms with E-state index in [0.29, 0.717) is 28.8 Å². The molecule has 1 aliphatic rings. The lowest BCUT2D eigenvalue weighted by atomic mass is 9.90. The smallest absolute Gasteiger partial charge is 0.323 e. The van der Waals surface area contributed by atoms with E-state index in [0.717, 1.165) is 0 Å². The maximum Gasteiger partial charge on any atom is 0.323 e. The summed E-state index contributed by atoms with van der Waals surface area (Å²) < 4.78 is 6.41. The Kier molecular flexibility index (Phi) is 5.25. The molecule has 0 aliphatic heterocycles. The Hall–Kier alpha value is -2.63. The van der Waals surface area contributed by atoms with Crippen LogP contribution in [0.3, 0.4) is 0 Å². The molecular formula is C18H21N3O3. The van der Waals surface area contributed by atoms with Crippen molar-refractivity contribution in [3.05, 3.63) is 53.6 Å². The van der Waals surface area contributed by atoms with Crippen LogP contribution >= 0.6 is 0 Å². The summed E-state index contributed by atoms with van der Waals surface area (Å²) in [7, 11) is 0. The van der Waals surface area contributed by atoms with E-state index in [1.807, 2.05) is 0 Å². The van der Waals surface area contributed by atoms with Crippen LogP contribution in [0.25, 0.3) is 0 Å². The van der Waals surface area contributed by atoms with Crippen LogP contribution < -0.4 is 14.8 Å². The Morgan fingerprint density at radius 2 is 2.08 bits per heavy atom. The Morgan fingerprint density at radius 3 is 2.88 bits per heavy atom. The first-order valence-electron chi connectivity index (χ1n) is 8.31. The summed E-state index contributed by atoms with van der Waals surface area (Å²) in [5.41, 5.74) is 0.0152. The van der Waals surface area contributed by atoms with Crippen LogP contribution in [0.1, 0.15) is 42.6 Å². The average molecular weight is 327 g/mol. The van der Waals surface area contributed by atoms with Gasteiger partial charge in [0.15, 0.2) is 17.8 Å². The minimum atomic E-state index is -0.508. The molecule has 1 fully saturated rings. The molecule has 0 spiro atoms. The Bertz CT molecular complexity index is 699. The topological polar surface area (TPSA) is 78.2 Å². The molecule has 2 heterocycles. The predicted octanol–water partition coefficient (Wildman–Crippen LogP) is 2.93. The number of rotatable bonds is 5. The molecule has 0 bridgehead atoms. The van der Waals surface area contributed by atoms with Crippen LogP contribution in [0.15, 0.2) is 42.7 Å². The zero-order valence-electron chi connectivity index (χ0n) is 13.5. The third-order valence-corrected chi connectivity index (χ3v) is 4.26. The van der Waals surface area contributed by atoms with Crippen molar-refractivity contribution < 1.29 is 14.3 Å². The second-order valence-corrected chi connectivity index (χ2v) is 6.03. The second-order valence-electron chi connectivity index (χ2n) is 6.03. The van der Waals surface area contributed by atoms with Gasteiger partial charge in [-0.2, -0.15) is 4.73 Å². The normalized spacial score (nSPS) is 15.0. The molecule has 126 valence electrons.